The fourth-order valence-electron chi connectivity index (χ4n) is 3.69. The van der Waals surface area contributed by atoms with Crippen LogP contribution < -0.4 is 9.47 Å². The zero-order valence-corrected chi connectivity index (χ0v) is 27.7. The molecule has 0 saturated heterocycles. The SMILES string of the molecule is CSc1nc2cc(Cl)c(Oc3cccc(Cl)c3Cl)cc2[nH]1.CSc1nc2cc(Cl)c(Oc3cccc(Cl)c3Cl)cc2[nH]1. The number of rotatable bonds is 6. The average molecular weight is 719 g/mol. The van der Waals surface area contributed by atoms with E-state index in [4.69, 9.17) is 79.1 Å². The molecule has 0 aliphatic rings. The lowest BCUT2D eigenvalue weighted by molar-refractivity contribution is 0.483. The summed E-state index contributed by atoms with van der Waals surface area (Å²) < 4.78 is 11.5. The van der Waals surface area contributed by atoms with Crippen LogP contribution in [-0.4, -0.2) is 32.4 Å². The predicted molar refractivity (Wildman–Crippen MR) is 179 cm³/mol. The molecular formula is C28H18Cl6N4O2S2. The van der Waals surface area contributed by atoms with Crippen LogP contribution in [0.2, 0.25) is 30.1 Å². The van der Waals surface area contributed by atoms with Gasteiger partial charge in [0.05, 0.1) is 42.2 Å². The van der Waals surface area contributed by atoms with Crippen molar-refractivity contribution in [2.45, 2.75) is 10.3 Å². The molecule has 216 valence electrons. The van der Waals surface area contributed by atoms with Crippen LogP contribution in [0.1, 0.15) is 0 Å². The minimum atomic E-state index is 0.352. The van der Waals surface area contributed by atoms with Gasteiger partial charge in [0.2, 0.25) is 0 Å². The Bertz CT molecular complexity index is 1780. The van der Waals surface area contributed by atoms with Gasteiger partial charge in [0.25, 0.3) is 0 Å². The van der Waals surface area contributed by atoms with E-state index in [1.54, 1.807) is 60.7 Å². The van der Waals surface area contributed by atoms with Gasteiger partial charge >= 0.3 is 0 Å². The van der Waals surface area contributed by atoms with E-state index >= 15 is 0 Å². The van der Waals surface area contributed by atoms with Crippen LogP contribution in [-0.2, 0) is 0 Å². The molecule has 0 saturated carbocycles. The van der Waals surface area contributed by atoms with Crippen LogP contribution in [0.3, 0.4) is 0 Å². The molecule has 0 bridgehead atoms. The fourth-order valence-corrected chi connectivity index (χ4v) is 5.55. The Balaban J connectivity index is 0.000000168. The highest BCUT2D eigenvalue weighted by Crippen LogP contribution is 2.40. The second kappa shape index (κ2) is 13.7. The first kappa shape index (κ1) is 31.3. The van der Waals surface area contributed by atoms with Crippen LogP contribution in [0.15, 0.2) is 71.0 Å². The van der Waals surface area contributed by atoms with Crippen LogP contribution in [0, 0.1) is 0 Å². The maximum Gasteiger partial charge on any atom is 0.166 e. The Labute approximate surface area is 279 Å². The van der Waals surface area contributed by atoms with E-state index in [0.717, 1.165) is 32.4 Å². The van der Waals surface area contributed by atoms with Crippen molar-refractivity contribution in [3.63, 3.8) is 0 Å². The highest BCUT2D eigenvalue weighted by atomic mass is 35.5. The molecule has 6 rings (SSSR count). The molecule has 14 heteroatoms. The third kappa shape index (κ3) is 6.98. The van der Waals surface area contributed by atoms with Gasteiger partial charge in [-0.25, -0.2) is 9.97 Å². The lowest BCUT2D eigenvalue weighted by Gasteiger charge is -2.09. The Morgan fingerprint density at radius 2 is 0.952 bits per heavy atom. The largest absolute Gasteiger partial charge is 0.454 e. The van der Waals surface area contributed by atoms with Crippen LogP contribution in [0.5, 0.6) is 23.0 Å². The normalized spacial score (nSPS) is 11.0. The highest BCUT2D eigenvalue weighted by molar-refractivity contribution is 7.98. The lowest BCUT2D eigenvalue weighted by Crippen LogP contribution is -1.87. The quantitative estimate of drug-likeness (QED) is 0.167. The Kier molecular flexibility index (Phi) is 10.2. The number of H-pyrrole nitrogens is 2. The summed E-state index contributed by atoms with van der Waals surface area (Å²) in [7, 11) is 0. The molecule has 0 amide bonds. The second-order valence-electron chi connectivity index (χ2n) is 8.40. The number of ether oxygens (including phenoxy) is 2. The average Bonchev–Trinajstić information content (AvgIpc) is 3.57. The van der Waals surface area contributed by atoms with Crippen molar-refractivity contribution in [2.75, 3.05) is 12.5 Å². The number of imidazole rings is 2. The van der Waals surface area contributed by atoms with Gasteiger partial charge in [-0.15, -0.1) is 0 Å². The highest BCUT2D eigenvalue weighted by Gasteiger charge is 2.14. The molecule has 0 unspecified atom stereocenters. The van der Waals surface area contributed by atoms with Gasteiger partial charge in [0.1, 0.15) is 33.0 Å². The van der Waals surface area contributed by atoms with E-state index in [-0.39, 0.29) is 0 Å². The van der Waals surface area contributed by atoms with Crippen molar-refractivity contribution in [3.8, 4) is 23.0 Å². The van der Waals surface area contributed by atoms with Gasteiger partial charge in [-0.2, -0.15) is 0 Å². The van der Waals surface area contributed by atoms with Crippen LogP contribution in [0.25, 0.3) is 22.1 Å². The van der Waals surface area contributed by atoms with Gasteiger partial charge < -0.3 is 19.4 Å². The van der Waals surface area contributed by atoms with E-state index < -0.39 is 0 Å². The summed E-state index contributed by atoms with van der Waals surface area (Å²) in [5.41, 5.74) is 3.26. The molecule has 0 spiro atoms. The van der Waals surface area contributed by atoms with E-state index in [2.05, 4.69) is 19.9 Å². The van der Waals surface area contributed by atoms with Crippen molar-refractivity contribution < 1.29 is 9.47 Å². The first-order valence-electron chi connectivity index (χ1n) is 11.9. The van der Waals surface area contributed by atoms with Gasteiger partial charge in [-0.3, -0.25) is 0 Å². The fraction of sp³-hybridized carbons (Fsp3) is 0.0714. The standard InChI is InChI=1S/2C14H9Cl3N2OS/c2*1-21-14-18-9-5-8(16)12(6-10(9)19-14)20-11-4-2-3-7(15)13(11)17/h2*2-6H,1H3,(H,18,19). The molecule has 42 heavy (non-hydrogen) atoms. The molecular weight excluding hydrogens is 701 g/mol. The summed E-state index contributed by atoms with van der Waals surface area (Å²) in [6.07, 6.45) is 3.89. The summed E-state index contributed by atoms with van der Waals surface area (Å²) in [6.45, 7) is 0. The molecule has 0 atom stereocenters. The molecule has 0 fully saturated rings. The van der Waals surface area contributed by atoms with Crippen molar-refractivity contribution in [2.24, 2.45) is 0 Å². The summed E-state index contributed by atoms with van der Waals surface area (Å²) in [5.74, 6) is 1.89. The molecule has 2 N–H and O–H groups in total. The minimum Gasteiger partial charge on any atom is -0.454 e. The molecule has 0 aliphatic heterocycles. The Morgan fingerprint density at radius 1 is 0.548 bits per heavy atom. The predicted octanol–water partition coefficient (Wildman–Crippen LogP) is 12.1. The van der Waals surface area contributed by atoms with Gasteiger partial charge in [-0.1, -0.05) is 105 Å². The number of aromatic amines is 2. The molecule has 6 aromatic rings. The number of thioether (sulfide) groups is 2. The molecule has 2 heterocycles. The molecule has 0 aliphatic carbocycles. The maximum atomic E-state index is 6.24. The lowest BCUT2D eigenvalue weighted by atomic mass is 10.3. The monoisotopic (exact) mass is 716 g/mol. The zero-order chi connectivity index (χ0) is 30.0. The number of hydrogen-bond acceptors (Lipinski definition) is 6. The third-order valence-corrected chi connectivity index (χ3v) is 9.04. The van der Waals surface area contributed by atoms with Crippen molar-refractivity contribution >= 4 is 115 Å². The van der Waals surface area contributed by atoms with E-state index in [1.807, 2.05) is 12.5 Å². The van der Waals surface area contributed by atoms with E-state index in [1.165, 1.54) is 23.5 Å². The number of benzene rings is 4. The second-order valence-corrected chi connectivity index (χ2v) is 12.4. The Hall–Kier alpha value is -2.14. The Morgan fingerprint density at radius 3 is 1.33 bits per heavy atom. The molecule has 4 aromatic carbocycles. The smallest absolute Gasteiger partial charge is 0.166 e. The number of nitrogens with zero attached hydrogens (tertiary/aromatic N) is 2. The molecule has 6 nitrogen and oxygen atoms in total. The minimum absolute atomic E-state index is 0.352. The number of hydrogen-bond donors (Lipinski definition) is 2. The number of halogens is 6. The number of fused-ring (bicyclic) bond motifs is 2. The third-order valence-electron chi connectivity index (χ3n) is 5.69. The number of nitrogens with one attached hydrogen (secondary N) is 2. The van der Waals surface area contributed by atoms with E-state index in [0.29, 0.717) is 53.1 Å². The summed E-state index contributed by atoms with van der Waals surface area (Å²) in [4.78, 5) is 15.1. The first-order valence-corrected chi connectivity index (χ1v) is 16.6. The zero-order valence-electron chi connectivity index (χ0n) is 21.6. The number of aromatic nitrogens is 4. The summed E-state index contributed by atoms with van der Waals surface area (Å²) in [5, 5.41) is 4.11. The van der Waals surface area contributed by atoms with Gasteiger partial charge in [0, 0.05) is 12.1 Å². The van der Waals surface area contributed by atoms with Crippen molar-refractivity contribution in [1.29, 1.82) is 0 Å². The van der Waals surface area contributed by atoms with Gasteiger partial charge in [-0.05, 0) is 48.9 Å². The van der Waals surface area contributed by atoms with Crippen molar-refractivity contribution in [1.82, 2.24) is 19.9 Å². The van der Waals surface area contributed by atoms with Gasteiger partial charge in [0.15, 0.2) is 10.3 Å². The summed E-state index contributed by atoms with van der Waals surface area (Å²) >= 11 is 39.7. The molecule has 0 radical (unpaired) electrons. The first-order chi connectivity index (χ1) is 20.2. The summed E-state index contributed by atoms with van der Waals surface area (Å²) in [6, 6.07) is 17.5. The van der Waals surface area contributed by atoms with Crippen LogP contribution in [0.4, 0.5) is 0 Å². The molecule has 2 aromatic heterocycles. The topological polar surface area (TPSA) is 75.8 Å². The van der Waals surface area contributed by atoms with E-state index in [9.17, 15) is 0 Å². The maximum absolute atomic E-state index is 6.24. The van der Waals surface area contributed by atoms with Crippen LogP contribution >= 0.6 is 93.1 Å². The van der Waals surface area contributed by atoms with Crippen molar-refractivity contribution in [3.05, 3.63) is 90.8 Å².